The molecule has 1 heterocycles. The lowest BCUT2D eigenvalue weighted by atomic mass is 10.1. The molecule has 0 unspecified atom stereocenters. The predicted molar refractivity (Wildman–Crippen MR) is 91.4 cm³/mol. The Bertz CT molecular complexity index is 789. The second kappa shape index (κ2) is 5.84. The van der Waals surface area contributed by atoms with Crippen molar-refractivity contribution < 1.29 is 4.74 Å². The molecule has 1 aromatic heterocycles. The highest BCUT2D eigenvalue weighted by atomic mass is 79.9. The Balaban J connectivity index is 1.96. The molecule has 0 saturated heterocycles. The highest BCUT2D eigenvalue weighted by Gasteiger charge is 2.06. The third kappa shape index (κ3) is 3.05. The quantitative estimate of drug-likeness (QED) is 0.449. The van der Waals surface area contributed by atoms with Gasteiger partial charge in [0.1, 0.15) is 5.75 Å². The molecule has 0 amide bonds. The summed E-state index contributed by atoms with van der Waals surface area (Å²) in [5.41, 5.74) is 0. The first-order chi connectivity index (χ1) is 9.61. The van der Waals surface area contributed by atoms with Crippen LogP contribution in [-0.2, 0) is 0 Å². The molecule has 3 rings (SSSR count). The smallest absolute Gasteiger partial charge is 0.233 e. The van der Waals surface area contributed by atoms with Crippen LogP contribution in [0.5, 0.6) is 11.6 Å². The molecule has 0 bridgehead atoms. The van der Waals surface area contributed by atoms with Crippen LogP contribution in [0.3, 0.4) is 0 Å². The molecule has 0 fully saturated rings. The van der Waals surface area contributed by atoms with Gasteiger partial charge in [-0.2, -0.15) is 0 Å². The number of fused-ring (bicyclic) bond motifs is 1. The average molecular weight is 458 g/mol. The molecule has 0 spiro atoms. The third-order valence-corrected chi connectivity index (χ3v) is 4.26. The number of rotatable bonds is 2. The fourth-order valence-electron chi connectivity index (χ4n) is 1.85. The van der Waals surface area contributed by atoms with Crippen LogP contribution in [0.4, 0.5) is 0 Å². The molecule has 20 heavy (non-hydrogen) atoms. The van der Waals surface area contributed by atoms with Crippen LogP contribution in [-0.4, -0.2) is 4.98 Å². The Morgan fingerprint density at radius 2 is 1.55 bits per heavy atom. The summed E-state index contributed by atoms with van der Waals surface area (Å²) in [4.78, 5) is 4.24. The van der Waals surface area contributed by atoms with Crippen molar-refractivity contribution in [2.75, 3.05) is 0 Å². The fourth-order valence-corrected chi connectivity index (χ4v) is 3.29. The number of pyridine rings is 1. The molecule has 0 atom stereocenters. The van der Waals surface area contributed by atoms with Gasteiger partial charge >= 0.3 is 0 Å². The molecule has 0 aliphatic heterocycles. The van der Waals surface area contributed by atoms with Crippen LogP contribution >= 0.6 is 47.8 Å². The minimum Gasteiger partial charge on any atom is -0.438 e. The van der Waals surface area contributed by atoms with E-state index in [1.54, 1.807) is 6.20 Å². The number of hydrogen-bond acceptors (Lipinski definition) is 2. The fraction of sp³-hybridized carbons (Fsp3) is 0. The molecule has 0 radical (unpaired) electrons. The second-order valence-electron chi connectivity index (χ2n) is 4.20. The molecular formula is C15H8Br3NO. The average Bonchev–Trinajstić information content (AvgIpc) is 2.42. The number of hydrogen-bond donors (Lipinski definition) is 0. The summed E-state index contributed by atoms with van der Waals surface area (Å²) >= 11 is 10.3. The van der Waals surface area contributed by atoms with Crippen molar-refractivity contribution in [1.82, 2.24) is 4.98 Å². The Hall–Kier alpha value is -0.910. The summed E-state index contributed by atoms with van der Waals surface area (Å²) in [7, 11) is 0. The molecule has 0 saturated carbocycles. The zero-order valence-electron chi connectivity index (χ0n) is 10.1. The standard InChI is InChI=1S/C15H8Br3NO/c16-11-3-1-10-6-13(4-2-9(10)5-11)20-15-14(18)7-12(17)8-19-15/h1-8H. The molecule has 0 aliphatic rings. The largest absolute Gasteiger partial charge is 0.438 e. The van der Waals surface area contributed by atoms with Crippen LogP contribution in [0.1, 0.15) is 0 Å². The van der Waals surface area contributed by atoms with E-state index in [4.69, 9.17) is 4.74 Å². The number of nitrogens with zero attached hydrogens (tertiary/aromatic N) is 1. The number of ether oxygens (including phenoxy) is 1. The Morgan fingerprint density at radius 1 is 0.800 bits per heavy atom. The molecule has 3 aromatic rings. The maximum Gasteiger partial charge on any atom is 0.233 e. The summed E-state index contributed by atoms with van der Waals surface area (Å²) in [5, 5.41) is 2.29. The van der Waals surface area contributed by atoms with E-state index in [0.717, 1.165) is 29.9 Å². The zero-order valence-corrected chi connectivity index (χ0v) is 14.9. The van der Waals surface area contributed by atoms with Crippen molar-refractivity contribution in [2.24, 2.45) is 0 Å². The van der Waals surface area contributed by atoms with Gasteiger partial charge in [0.05, 0.1) is 4.47 Å². The first-order valence-electron chi connectivity index (χ1n) is 5.80. The SMILES string of the molecule is Brc1cnc(Oc2ccc3cc(Br)ccc3c2)c(Br)c1. The lowest BCUT2D eigenvalue weighted by molar-refractivity contribution is 0.460. The second-order valence-corrected chi connectivity index (χ2v) is 6.88. The molecular weight excluding hydrogens is 450 g/mol. The molecule has 100 valence electrons. The van der Waals surface area contributed by atoms with Crippen molar-refractivity contribution in [3.05, 3.63) is 62.1 Å². The van der Waals surface area contributed by atoms with E-state index in [0.29, 0.717) is 5.88 Å². The zero-order chi connectivity index (χ0) is 14.1. The van der Waals surface area contributed by atoms with Crippen LogP contribution in [0.15, 0.2) is 62.1 Å². The first-order valence-corrected chi connectivity index (χ1v) is 8.18. The van der Waals surface area contributed by atoms with Gasteiger partial charge in [0.15, 0.2) is 0 Å². The molecule has 2 nitrogen and oxygen atoms in total. The lowest BCUT2D eigenvalue weighted by Crippen LogP contribution is -1.89. The van der Waals surface area contributed by atoms with E-state index in [1.807, 2.05) is 30.3 Å². The Labute approximate surface area is 141 Å². The van der Waals surface area contributed by atoms with Gasteiger partial charge in [-0.1, -0.05) is 28.1 Å². The van der Waals surface area contributed by atoms with Gasteiger partial charge in [0.2, 0.25) is 5.88 Å². The van der Waals surface area contributed by atoms with Crippen LogP contribution in [0.2, 0.25) is 0 Å². The van der Waals surface area contributed by atoms with Gasteiger partial charge < -0.3 is 4.74 Å². The van der Waals surface area contributed by atoms with Gasteiger partial charge in [0, 0.05) is 15.1 Å². The first kappa shape index (κ1) is 14.0. The van der Waals surface area contributed by atoms with E-state index in [1.165, 1.54) is 0 Å². The van der Waals surface area contributed by atoms with Crippen LogP contribution in [0, 0.1) is 0 Å². The van der Waals surface area contributed by atoms with Gasteiger partial charge in [-0.25, -0.2) is 4.98 Å². The topological polar surface area (TPSA) is 22.1 Å². The van der Waals surface area contributed by atoms with Crippen LogP contribution < -0.4 is 4.74 Å². The molecule has 5 heteroatoms. The molecule has 2 aromatic carbocycles. The monoisotopic (exact) mass is 455 g/mol. The Morgan fingerprint density at radius 3 is 2.35 bits per heavy atom. The highest BCUT2D eigenvalue weighted by Crippen LogP contribution is 2.31. The molecule has 0 aliphatic carbocycles. The van der Waals surface area contributed by atoms with Gasteiger partial charge in [0.25, 0.3) is 0 Å². The summed E-state index contributed by atoms with van der Waals surface area (Å²) < 4.78 is 8.59. The third-order valence-electron chi connectivity index (χ3n) is 2.76. The number of halogens is 3. The summed E-state index contributed by atoms with van der Waals surface area (Å²) in [6.45, 7) is 0. The minimum atomic E-state index is 0.546. The van der Waals surface area contributed by atoms with Crippen molar-refractivity contribution in [3.8, 4) is 11.6 Å². The predicted octanol–water partition coefficient (Wildman–Crippen LogP) is 6.31. The highest BCUT2D eigenvalue weighted by molar-refractivity contribution is 9.11. The van der Waals surface area contributed by atoms with E-state index in [9.17, 15) is 0 Å². The molecule has 0 N–H and O–H groups in total. The van der Waals surface area contributed by atoms with E-state index in [2.05, 4.69) is 64.9 Å². The Kier molecular flexibility index (Phi) is 4.10. The van der Waals surface area contributed by atoms with Gasteiger partial charge in [-0.05, 0) is 73.0 Å². The minimum absolute atomic E-state index is 0.546. The summed E-state index contributed by atoms with van der Waals surface area (Å²) in [6.07, 6.45) is 1.71. The maximum absolute atomic E-state index is 5.81. The van der Waals surface area contributed by atoms with Gasteiger partial charge in [-0.3, -0.25) is 0 Å². The van der Waals surface area contributed by atoms with E-state index in [-0.39, 0.29) is 0 Å². The van der Waals surface area contributed by atoms with Crippen molar-refractivity contribution >= 4 is 58.6 Å². The van der Waals surface area contributed by atoms with E-state index < -0.39 is 0 Å². The number of benzene rings is 2. The van der Waals surface area contributed by atoms with E-state index >= 15 is 0 Å². The van der Waals surface area contributed by atoms with Gasteiger partial charge in [-0.15, -0.1) is 0 Å². The van der Waals surface area contributed by atoms with Crippen molar-refractivity contribution in [2.45, 2.75) is 0 Å². The maximum atomic E-state index is 5.81. The van der Waals surface area contributed by atoms with Crippen LogP contribution in [0.25, 0.3) is 10.8 Å². The summed E-state index contributed by atoms with van der Waals surface area (Å²) in [6, 6.07) is 14.0. The number of aromatic nitrogens is 1. The normalized spacial score (nSPS) is 10.8. The van der Waals surface area contributed by atoms with Crippen molar-refractivity contribution in [1.29, 1.82) is 0 Å². The van der Waals surface area contributed by atoms with Crippen molar-refractivity contribution in [3.63, 3.8) is 0 Å². The lowest BCUT2D eigenvalue weighted by Gasteiger charge is -2.08. The summed E-state index contributed by atoms with van der Waals surface area (Å²) in [5.74, 6) is 1.31.